The fraction of sp³-hybridized carbons (Fsp3) is 0.333. The lowest BCUT2D eigenvalue weighted by Crippen LogP contribution is -2.29. The van der Waals surface area contributed by atoms with Crippen LogP contribution in [0.5, 0.6) is 0 Å². The highest BCUT2D eigenvalue weighted by Crippen LogP contribution is 2.33. The van der Waals surface area contributed by atoms with E-state index in [1.807, 2.05) is 22.5 Å². The highest BCUT2D eigenvalue weighted by atomic mass is 19.1. The Morgan fingerprint density at radius 2 is 1.32 bits per heavy atom. The summed E-state index contributed by atoms with van der Waals surface area (Å²) in [6.45, 7) is 5.41. The Labute approximate surface area is 146 Å². The van der Waals surface area contributed by atoms with Gasteiger partial charge in [0.2, 0.25) is 11.6 Å². The maximum atomic E-state index is 12.4. The second-order valence-electron chi connectivity index (χ2n) is 6.68. The van der Waals surface area contributed by atoms with E-state index in [9.17, 15) is 14.0 Å². The molecule has 0 saturated carbocycles. The Kier molecular flexibility index (Phi) is 3.86. The van der Waals surface area contributed by atoms with E-state index in [1.165, 1.54) is 18.2 Å². The minimum absolute atomic E-state index is 0.00546. The average molecular weight is 339 g/mol. The molecule has 0 N–H and O–H groups in total. The highest BCUT2D eigenvalue weighted by molar-refractivity contribution is 6.32. The fourth-order valence-corrected chi connectivity index (χ4v) is 2.81. The third-order valence-electron chi connectivity index (χ3n) is 4.50. The molecule has 25 heavy (non-hydrogen) atoms. The molecule has 5 nitrogen and oxygen atoms in total. The van der Waals surface area contributed by atoms with Gasteiger partial charge in [0, 0.05) is 45.3 Å². The number of carbonyl (C=O) groups is 2. The summed E-state index contributed by atoms with van der Waals surface area (Å²) in [5.41, 5.74) is 2.98. The van der Waals surface area contributed by atoms with E-state index in [2.05, 4.69) is 0 Å². The van der Waals surface area contributed by atoms with Crippen molar-refractivity contribution in [3.05, 3.63) is 53.2 Å². The number of rotatable bonds is 3. The summed E-state index contributed by atoms with van der Waals surface area (Å²) in [6.07, 6.45) is 1.52. The maximum Gasteiger partial charge on any atom is 0.227 e. The van der Waals surface area contributed by atoms with E-state index in [1.54, 1.807) is 12.1 Å². The van der Waals surface area contributed by atoms with Crippen molar-refractivity contribution in [1.29, 1.82) is 0 Å². The Morgan fingerprint density at radius 1 is 0.800 bits per heavy atom. The first-order chi connectivity index (χ1) is 12.0. The van der Waals surface area contributed by atoms with E-state index in [0.29, 0.717) is 17.1 Å². The van der Waals surface area contributed by atoms with Gasteiger partial charge in [0.1, 0.15) is 25.1 Å². The molecule has 7 heteroatoms. The van der Waals surface area contributed by atoms with Crippen LogP contribution >= 0.6 is 0 Å². The molecule has 5 rings (SSSR count). The van der Waals surface area contributed by atoms with Gasteiger partial charge in [-0.15, -0.1) is 0 Å². The Bertz CT molecular complexity index is 770. The third-order valence-corrected chi connectivity index (χ3v) is 4.50. The number of benzene rings is 1. The van der Waals surface area contributed by atoms with Crippen LogP contribution in [0.3, 0.4) is 0 Å². The largest absolute Gasteiger partial charge is 0.365 e. The van der Waals surface area contributed by atoms with Crippen molar-refractivity contribution in [2.24, 2.45) is 0 Å². The molecule has 0 bridgehead atoms. The number of ketones is 2. The molecule has 128 valence electrons. The first kappa shape index (κ1) is 15.9. The minimum atomic E-state index is -0.171. The van der Waals surface area contributed by atoms with Crippen molar-refractivity contribution in [2.45, 2.75) is 0 Å². The molecule has 3 heterocycles. The number of halogens is 1. The summed E-state index contributed by atoms with van der Waals surface area (Å²) >= 11 is 0. The molecule has 0 radical (unpaired) electrons. The van der Waals surface area contributed by atoms with E-state index in [0.717, 1.165) is 44.7 Å². The van der Waals surface area contributed by atoms with Crippen LogP contribution < -0.4 is 5.46 Å². The normalized spacial score (nSPS) is 21.0. The zero-order valence-electron chi connectivity index (χ0n) is 14.2. The van der Waals surface area contributed by atoms with Gasteiger partial charge in [0.15, 0.2) is 0 Å². The van der Waals surface area contributed by atoms with Gasteiger partial charge in [-0.2, -0.15) is 0 Å². The number of hydrogen-bond acceptors (Lipinski definition) is 5. The van der Waals surface area contributed by atoms with Crippen molar-refractivity contribution >= 4 is 24.9 Å². The summed E-state index contributed by atoms with van der Waals surface area (Å²) in [4.78, 5) is 30.5. The van der Waals surface area contributed by atoms with Crippen LogP contribution in [0.1, 0.15) is 0 Å². The summed E-state index contributed by atoms with van der Waals surface area (Å²) in [6, 6.07) is 6.40. The summed E-state index contributed by atoms with van der Waals surface area (Å²) in [5, 5.41) is 0. The highest BCUT2D eigenvalue weighted by Gasteiger charge is 2.43. The molecule has 0 amide bonds. The SMILES string of the molecule is Bc1ccc(F)cc1.O=C1C=C(N2CC2)C(=O)C(N2CC2)=C1N1CC1. The lowest BCUT2D eigenvalue weighted by molar-refractivity contribution is -0.117. The molecule has 0 unspecified atom stereocenters. The predicted molar refractivity (Wildman–Crippen MR) is 94.4 cm³/mol. The zero-order valence-corrected chi connectivity index (χ0v) is 14.2. The standard InChI is InChI=1S/C12H13N3O2.C6H6BF/c16-9-7-8(13-1-2-13)12(17)11(15-5-6-15)10(9)14-3-4-14;7-5-1-3-6(8)4-2-5/h7H,1-6H2;1-4H,7H2. The quantitative estimate of drug-likeness (QED) is 0.413. The monoisotopic (exact) mass is 339 g/mol. The van der Waals surface area contributed by atoms with E-state index >= 15 is 0 Å². The van der Waals surface area contributed by atoms with Crippen molar-refractivity contribution in [3.63, 3.8) is 0 Å². The van der Waals surface area contributed by atoms with Gasteiger partial charge in [-0.1, -0.05) is 17.6 Å². The number of allylic oxidation sites excluding steroid dienone is 1. The van der Waals surface area contributed by atoms with Gasteiger partial charge in [-0.05, 0) is 12.1 Å². The van der Waals surface area contributed by atoms with Gasteiger partial charge in [-0.3, -0.25) is 9.59 Å². The molecular formula is C18H19BFN3O2. The van der Waals surface area contributed by atoms with Crippen LogP contribution in [-0.4, -0.2) is 73.4 Å². The van der Waals surface area contributed by atoms with Gasteiger partial charge in [0.05, 0.1) is 5.70 Å². The first-order valence-corrected chi connectivity index (χ1v) is 8.56. The van der Waals surface area contributed by atoms with Gasteiger partial charge in [-0.25, -0.2) is 4.39 Å². The van der Waals surface area contributed by atoms with Gasteiger partial charge >= 0.3 is 0 Å². The number of carbonyl (C=O) groups excluding carboxylic acids is 2. The molecule has 4 aliphatic rings. The van der Waals surface area contributed by atoms with Gasteiger partial charge < -0.3 is 14.7 Å². The molecule has 3 saturated heterocycles. The lowest BCUT2D eigenvalue weighted by Gasteiger charge is -2.21. The molecule has 0 aromatic heterocycles. The first-order valence-electron chi connectivity index (χ1n) is 8.56. The van der Waals surface area contributed by atoms with Crippen LogP contribution in [0, 0.1) is 5.82 Å². The zero-order chi connectivity index (χ0) is 17.6. The average Bonchev–Trinajstić information content (AvgIpc) is 3.45. The Morgan fingerprint density at radius 3 is 1.80 bits per heavy atom. The molecule has 3 fully saturated rings. The minimum Gasteiger partial charge on any atom is -0.365 e. The predicted octanol–water partition coefficient (Wildman–Crippen LogP) is -0.735. The van der Waals surface area contributed by atoms with Crippen LogP contribution in [0.25, 0.3) is 0 Å². The topological polar surface area (TPSA) is 43.2 Å². The second-order valence-corrected chi connectivity index (χ2v) is 6.68. The van der Waals surface area contributed by atoms with Crippen molar-refractivity contribution in [2.75, 3.05) is 39.3 Å². The molecule has 1 aromatic rings. The molecule has 0 spiro atoms. The maximum absolute atomic E-state index is 12.4. The number of Topliss-reactive ketones (excluding diaryl/α,β-unsaturated/α-hetero) is 1. The lowest BCUT2D eigenvalue weighted by atomic mass is 9.97. The summed E-state index contributed by atoms with van der Waals surface area (Å²) in [7, 11) is 1.93. The second kappa shape index (κ2) is 6.06. The van der Waals surface area contributed by atoms with Crippen LogP contribution in [0.15, 0.2) is 47.4 Å². The number of hydrogen-bond donors (Lipinski definition) is 0. The Hall–Kier alpha value is -2.57. The Balaban J connectivity index is 0.000000166. The molecule has 1 aliphatic carbocycles. The molecule has 3 aliphatic heterocycles. The third kappa shape index (κ3) is 3.45. The van der Waals surface area contributed by atoms with Gasteiger partial charge in [0.25, 0.3) is 0 Å². The summed E-state index contributed by atoms with van der Waals surface area (Å²) in [5.74, 6) is -0.122. The van der Waals surface area contributed by atoms with Crippen LogP contribution in [0.2, 0.25) is 0 Å². The van der Waals surface area contributed by atoms with E-state index in [-0.39, 0.29) is 17.4 Å². The van der Waals surface area contributed by atoms with Crippen molar-refractivity contribution in [3.8, 4) is 0 Å². The molecular weight excluding hydrogens is 320 g/mol. The van der Waals surface area contributed by atoms with E-state index < -0.39 is 0 Å². The summed E-state index contributed by atoms with van der Waals surface area (Å²) < 4.78 is 12.1. The number of nitrogens with zero attached hydrogens (tertiary/aromatic N) is 3. The van der Waals surface area contributed by atoms with Crippen LogP contribution in [-0.2, 0) is 9.59 Å². The van der Waals surface area contributed by atoms with Crippen molar-refractivity contribution in [1.82, 2.24) is 14.7 Å². The van der Waals surface area contributed by atoms with Crippen LogP contribution in [0.4, 0.5) is 4.39 Å². The fourth-order valence-electron chi connectivity index (χ4n) is 2.81. The molecule has 0 atom stereocenters. The van der Waals surface area contributed by atoms with Crippen molar-refractivity contribution < 1.29 is 14.0 Å². The van der Waals surface area contributed by atoms with E-state index in [4.69, 9.17) is 0 Å². The smallest absolute Gasteiger partial charge is 0.227 e. The molecule has 1 aromatic carbocycles.